The molecular formula is C70H130N2O8. The van der Waals surface area contributed by atoms with E-state index in [-0.39, 0.29) is 25.0 Å². The molecule has 0 saturated carbocycles. The predicted molar refractivity (Wildman–Crippen MR) is 340 cm³/mol. The fourth-order valence-electron chi connectivity index (χ4n) is 10.5. The van der Waals surface area contributed by atoms with Crippen molar-refractivity contribution in [3.05, 3.63) is 30.4 Å². The SMILES string of the molecule is C=CC(=O)NCCOCCOCCONC(=O)c1cc(OCCCCCCCCCCCCCCCCCC)c(OCCCCCCCCCCCCCCCCCC)c(OCCCCCCCCCCCCCCCCCC)c1. The number of carbonyl (C=O) groups is 2. The molecule has 0 aliphatic heterocycles. The number of carbonyl (C=O) groups excluding carboxylic acids is 2. The van der Waals surface area contributed by atoms with Gasteiger partial charge in [-0.3, -0.25) is 14.4 Å². The molecule has 0 saturated heterocycles. The zero-order chi connectivity index (χ0) is 57.5. The summed E-state index contributed by atoms with van der Waals surface area (Å²) >= 11 is 0. The van der Waals surface area contributed by atoms with Crippen molar-refractivity contribution in [3.8, 4) is 17.2 Å². The molecule has 80 heavy (non-hydrogen) atoms. The highest BCUT2D eigenvalue weighted by molar-refractivity contribution is 5.95. The number of hydrogen-bond donors (Lipinski definition) is 2. The van der Waals surface area contributed by atoms with Crippen LogP contribution in [0.5, 0.6) is 17.2 Å². The van der Waals surface area contributed by atoms with E-state index in [1.807, 2.05) is 0 Å². The summed E-state index contributed by atoms with van der Waals surface area (Å²) in [6, 6.07) is 3.59. The summed E-state index contributed by atoms with van der Waals surface area (Å²) in [5.41, 5.74) is 3.02. The standard InChI is InChI=1S/C70H130N2O8/c1-5-9-12-15-18-21-24-27-30-33-36-39-42-45-48-51-55-77-66-63-65(70(74)72-80-62-61-76-60-59-75-58-54-71-68(73)8-4)64-67(78-56-52-49-46-43-40-37-34-31-28-25-22-19-16-13-10-6-2)69(66)79-57-53-50-47-44-41-38-35-32-29-26-23-20-17-14-11-7-3/h8,63-64H,4-7,9-62H2,1-3H3,(H,71,73)(H,72,74). The molecule has 0 heterocycles. The third-order valence-electron chi connectivity index (χ3n) is 15.6. The topological polar surface area (TPSA) is 114 Å². The molecule has 0 bridgehead atoms. The highest BCUT2D eigenvalue weighted by atomic mass is 16.7. The molecule has 1 aromatic rings. The summed E-state index contributed by atoms with van der Waals surface area (Å²) in [5, 5.41) is 2.68. The molecular weight excluding hydrogens is 997 g/mol. The number of rotatable bonds is 66. The van der Waals surface area contributed by atoms with Crippen molar-refractivity contribution in [2.24, 2.45) is 0 Å². The van der Waals surface area contributed by atoms with Gasteiger partial charge in [0, 0.05) is 12.1 Å². The summed E-state index contributed by atoms with van der Waals surface area (Å²) in [5.74, 6) is 1.13. The van der Waals surface area contributed by atoms with Gasteiger partial charge in [0.15, 0.2) is 11.5 Å². The molecule has 468 valence electrons. The molecule has 0 aliphatic carbocycles. The van der Waals surface area contributed by atoms with Gasteiger partial charge in [-0.15, -0.1) is 0 Å². The fourth-order valence-corrected chi connectivity index (χ4v) is 10.5. The minimum atomic E-state index is -0.376. The molecule has 0 aliphatic rings. The van der Waals surface area contributed by atoms with Crippen LogP contribution < -0.4 is 25.0 Å². The molecule has 0 aromatic heterocycles. The molecule has 10 nitrogen and oxygen atoms in total. The van der Waals surface area contributed by atoms with E-state index in [1.54, 1.807) is 12.1 Å². The second kappa shape index (κ2) is 62.2. The monoisotopic (exact) mass is 1130 g/mol. The molecule has 0 unspecified atom stereocenters. The summed E-state index contributed by atoms with van der Waals surface area (Å²) in [6.45, 7) is 14.0. The van der Waals surface area contributed by atoms with Gasteiger partial charge in [-0.25, -0.2) is 5.48 Å². The van der Waals surface area contributed by atoms with Gasteiger partial charge in [0.25, 0.3) is 5.91 Å². The van der Waals surface area contributed by atoms with Crippen molar-refractivity contribution in [2.45, 2.75) is 329 Å². The number of ether oxygens (including phenoxy) is 5. The number of benzene rings is 1. The van der Waals surface area contributed by atoms with Crippen LogP contribution in [0.15, 0.2) is 24.8 Å². The van der Waals surface area contributed by atoms with Crippen molar-refractivity contribution in [3.63, 3.8) is 0 Å². The maximum Gasteiger partial charge on any atom is 0.275 e. The first-order chi connectivity index (χ1) is 39.6. The number of nitrogens with one attached hydrogen (secondary N) is 2. The molecule has 2 N–H and O–H groups in total. The minimum absolute atomic E-state index is 0.173. The maximum absolute atomic E-state index is 13.7. The van der Waals surface area contributed by atoms with E-state index in [9.17, 15) is 9.59 Å². The van der Waals surface area contributed by atoms with Gasteiger partial charge in [-0.2, -0.15) is 0 Å². The Kier molecular flexibility index (Phi) is 58.5. The van der Waals surface area contributed by atoms with Gasteiger partial charge in [-0.05, 0) is 37.5 Å². The smallest absolute Gasteiger partial charge is 0.275 e. The van der Waals surface area contributed by atoms with Crippen molar-refractivity contribution in [1.82, 2.24) is 10.8 Å². The molecule has 0 atom stereocenters. The highest BCUT2D eigenvalue weighted by Crippen LogP contribution is 2.40. The fraction of sp³-hybridized carbons (Fsp3) is 0.857. The number of hydroxylamine groups is 1. The average molecular weight is 1130 g/mol. The molecule has 2 amide bonds. The minimum Gasteiger partial charge on any atom is -0.490 e. The Bertz CT molecular complexity index is 1420. The van der Waals surface area contributed by atoms with E-state index >= 15 is 0 Å². The quantitative estimate of drug-likeness (QED) is 0.0377. The van der Waals surface area contributed by atoms with Gasteiger partial charge in [0.05, 0.1) is 52.9 Å². The molecule has 0 radical (unpaired) electrons. The second-order valence-electron chi connectivity index (χ2n) is 23.3. The lowest BCUT2D eigenvalue weighted by molar-refractivity contribution is -0.116. The van der Waals surface area contributed by atoms with Crippen LogP contribution in [0, 0.1) is 0 Å². The molecule has 10 heteroatoms. The Morgan fingerprint density at radius 2 is 0.637 bits per heavy atom. The molecule has 1 rings (SSSR count). The van der Waals surface area contributed by atoms with E-state index in [4.69, 9.17) is 28.5 Å². The average Bonchev–Trinajstić information content (AvgIpc) is 3.47. The Balaban J connectivity index is 2.80. The van der Waals surface area contributed by atoms with Crippen LogP contribution in [0.1, 0.15) is 339 Å². The van der Waals surface area contributed by atoms with E-state index in [0.717, 1.165) is 38.5 Å². The van der Waals surface area contributed by atoms with Crippen molar-refractivity contribution in [1.29, 1.82) is 0 Å². The van der Waals surface area contributed by atoms with Gasteiger partial charge < -0.3 is 29.0 Å². The lowest BCUT2D eigenvalue weighted by Crippen LogP contribution is -2.26. The number of unbranched alkanes of at least 4 members (excludes halogenated alkanes) is 45. The number of hydrogen-bond acceptors (Lipinski definition) is 8. The normalized spacial score (nSPS) is 11.3. The van der Waals surface area contributed by atoms with Crippen LogP contribution in [0.4, 0.5) is 0 Å². The lowest BCUT2D eigenvalue weighted by Gasteiger charge is -2.19. The molecule has 0 spiro atoms. The van der Waals surface area contributed by atoms with Crippen molar-refractivity contribution >= 4 is 11.8 Å². The largest absolute Gasteiger partial charge is 0.490 e. The second-order valence-corrected chi connectivity index (χ2v) is 23.3. The van der Waals surface area contributed by atoms with Crippen LogP contribution in [-0.2, 0) is 19.1 Å². The Labute approximate surface area is 494 Å². The Morgan fingerprint density at radius 3 is 0.950 bits per heavy atom. The zero-order valence-corrected chi connectivity index (χ0v) is 53.0. The third kappa shape index (κ3) is 50.9. The van der Waals surface area contributed by atoms with E-state index in [0.29, 0.717) is 69.0 Å². The maximum atomic E-state index is 13.7. The first-order valence-electron chi connectivity index (χ1n) is 34.6. The first kappa shape index (κ1) is 75.2. The van der Waals surface area contributed by atoms with Gasteiger partial charge in [0.2, 0.25) is 11.7 Å². The first-order valence-corrected chi connectivity index (χ1v) is 34.6. The van der Waals surface area contributed by atoms with Crippen molar-refractivity contribution in [2.75, 3.05) is 59.4 Å². The highest BCUT2D eigenvalue weighted by Gasteiger charge is 2.20. The Hall–Kier alpha value is -2.82. The lowest BCUT2D eigenvalue weighted by atomic mass is 10.0. The Morgan fingerprint density at radius 1 is 0.362 bits per heavy atom. The van der Waals surface area contributed by atoms with Crippen LogP contribution >= 0.6 is 0 Å². The zero-order valence-electron chi connectivity index (χ0n) is 53.0. The summed E-state index contributed by atoms with van der Waals surface area (Å²) < 4.78 is 30.8. The van der Waals surface area contributed by atoms with E-state index < -0.39 is 0 Å². The van der Waals surface area contributed by atoms with Crippen LogP contribution in [0.3, 0.4) is 0 Å². The van der Waals surface area contributed by atoms with Crippen LogP contribution in [0.25, 0.3) is 0 Å². The van der Waals surface area contributed by atoms with Crippen LogP contribution in [0.2, 0.25) is 0 Å². The third-order valence-corrected chi connectivity index (χ3v) is 15.6. The number of amides is 2. The van der Waals surface area contributed by atoms with Crippen molar-refractivity contribution < 1.29 is 38.1 Å². The van der Waals surface area contributed by atoms with Gasteiger partial charge in [-0.1, -0.05) is 316 Å². The molecule has 0 fully saturated rings. The summed E-state index contributed by atoms with van der Waals surface area (Å²) in [6.07, 6.45) is 64.7. The van der Waals surface area contributed by atoms with Gasteiger partial charge in [0.1, 0.15) is 0 Å². The van der Waals surface area contributed by atoms with Gasteiger partial charge >= 0.3 is 0 Å². The molecule has 1 aromatic carbocycles. The summed E-state index contributed by atoms with van der Waals surface area (Å²) in [4.78, 5) is 30.5. The van der Waals surface area contributed by atoms with E-state index in [2.05, 4.69) is 38.1 Å². The predicted octanol–water partition coefficient (Wildman–Crippen LogP) is 20.6. The van der Waals surface area contributed by atoms with E-state index in [1.165, 1.54) is 276 Å². The van der Waals surface area contributed by atoms with Crippen LogP contribution in [-0.4, -0.2) is 71.2 Å². The summed E-state index contributed by atoms with van der Waals surface area (Å²) in [7, 11) is 0.